The minimum Gasteiger partial charge on any atom is -0.505 e. The summed E-state index contributed by atoms with van der Waals surface area (Å²) in [4.78, 5) is 15.6. The zero-order chi connectivity index (χ0) is 11.4. The van der Waals surface area contributed by atoms with E-state index < -0.39 is 0 Å². The van der Waals surface area contributed by atoms with E-state index in [-0.39, 0.29) is 23.4 Å². The van der Waals surface area contributed by atoms with Gasteiger partial charge in [0.25, 0.3) is 5.91 Å². The molecule has 0 aromatic carbocycles. The first-order chi connectivity index (χ1) is 7.77. The summed E-state index contributed by atoms with van der Waals surface area (Å²) < 4.78 is 5.25. The third-order valence-electron chi connectivity index (χ3n) is 2.50. The fourth-order valence-corrected chi connectivity index (χ4v) is 1.68. The summed E-state index contributed by atoms with van der Waals surface area (Å²) in [5, 5.41) is 12.2. The number of ether oxygens (including phenoxy) is 1. The molecule has 1 atom stereocenters. The van der Waals surface area contributed by atoms with Crippen molar-refractivity contribution in [2.45, 2.75) is 18.9 Å². The van der Waals surface area contributed by atoms with Gasteiger partial charge in [-0.15, -0.1) is 0 Å². The lowest BCUT2D eigenvalue weighted by Gasteiger charge is -2.22. The summed E-state index contributed by atoms with van der Waals surface area (Å²) in [6.07, 6.45) is 3.32. The first-order valence-corrected chi connectivity index (χ1v) is 5.30. The van der Waals surface area contributed by atoms with Gasteiger partial charge in [0, 0.05) is 12.8 Å². The lowest BCUT2D eigenvalue weighted by Crippen LogP contribution is -2.40. The van der Waals surface area contributed by atoms with Crippen LogP contribution >= 0.6 is 0 Å². The number of pyridine rings is 1. The van der Waals surface area contributed by atoms with E-state index in [1.807, 2.05) is 0 Å². The van der Waals surface area contributed by atoms with Gasteiger partial charge >= 0.3 is 0 Å². The molecule has 1 amide bonds. The third-order valence-corrected chi connectivity index (χ3v) is 2.50. The number of aromatic hydroxyl groups is 1. The number of aromatic nitrogens is 1. The zero-order valence-corrected chi connectivity index (χ0v) is 8.85. The summed E-state index contributed by atoms with van der Waals surface area (Å²) in [5.74, 6) is -0.453. The van der Waals surface area contributed by atoms with Crippen molar-refractivity contribution < 1.29 is 14.6 Å². The second-order valence-electron chi connectivity index (χ2n) is 3.76. The summed E-state index contributed by atoms with van der Waals surface area (Å²) in [6, 6.07) is 3.04. The van der Waals surface area contributed by atoms with Crippen LogP contribution in [0.4, 0.5) is 0 Å². The van der Waals surface area contributed by atoms with Gasteiger partial charge in [0.2, 0.25) is 0 Å². The van der Waals surface area contributed by atoms with E-state index >= 15 is 0 Å². The Balaban J connectivity index is 2.00. The molecule has 86 valence electrons. The van der Waals surface area contributed by atoms with Crippen LogP contribution in [0.15, 0.2) is 18.3 Å². The molecule has 2 heterocycles. The van der Waals surface area contributed by atoms with Crippen molar-refractivity contribution in [1.82, 2.24) is 10.3 Å². The van der Waals surface area contributed by atoms with Crippen LogP contribution < -0.4 is 5.32 Å². The summed E-state index contributed by atoms with van der Waals surface area (Å²) in [6.45, 7) is 1.28. The van der Waals surface area contributed by atoms with Crippen molar-refractivity contribution in [3.05, 3.63) is 24.0 Å². The molecule has 1 unspecified atom stereocenters. The fourth-order valence-electron chi connectivity index (χ4n) is 1.68. The van der Waals surface area contributed by atoms with Crippen LogP contribution in [0.25, 0.3) is 0 Å². The molecule has 0 saturated carbocycles. The van der Waals surface area contributed by atoms with Crippen LogP contribution in [-0.2, 0) is 4.74 Å². The predicted molar refractivity (Wildman–Crippen MR) is 57.2 cm³/mol. The molecule has 2 N–H and O–H groups in total. The van der Waals surface area contributed by atoms with Gasteiger partial charge in [-0.3, -0.25) is 4.79 Å². The molecule has 0 bridgehead atoms. The Bertz CT molecular complexity index is 375. The van der Waals surface area contributed by atoms with E-state index in [0.29, 0.717) is 6.61 Å². The number of hydrogen-bond acceptors (Lipinski definition) is 4. The lowest BCUT2D eigenvalue weighted by molar-refractivity contribution is 0.0620. The van der Waals surface area contributed by atoms with E-state index in [2.05, 4.69) is 10.3 Å². The highest BCUT2D eigenvalue weighted by atomic mass is 16.5. The van der Waals surface area contributed by atoms with Crippen LogP contribution in [0, 0.1) is 0 Å². The van der Waals surface area contributed by atoms with Gasteiger partial charge in [0.05, 0.1) is 12.6 Å². The molecule has 1 saturated heterocycles. The highest BCUT2D eigenvalue weighted by Crippen LogP contribution is 2.13. The van der Waals surface area contributed by atoms with Gasteiger partial charge in [-0.05, 0) is 25.0 Å². The molecule has 1 aromatic rings. The van der Waals surface area contributed by atoms with Crippen LogP contribution in [0.1, 0.15) is 23.3 Å². The highest BCUT2D eigenvalue weighted by molar-refractivity contribution is 5.94. The Morgan fingerprint density at radius 3 is 3.19 bits per heavy atom. The molecule has 1 aliphatic heterocycles. The van der Waals surface area contributed by atoms with Gasteiger partial charge < -0.3 is 15.2 Å². The summed E-state index contributed by atoms with van der Waals surface area (Å²) >= 11 is 0. The van der Waals surface area contributed by atoms with E-state index in [1.165, 1.54) is 12.3 Å². The number of amides is 1. The topological polar surface area (TPSA) is 71.5 Å². The van der Waals surface area contributed by atoms with Crippen molar-refractivity contribution in [3.63, 3.8) is 0 Å². The summed E-state index contributed by atoms with van der Waals surface area (Å²) in [5.41, 5.74) is 0.0630. The first-order valence-electron chi connectivity index (χ1n) is 5.30. The van der Waals surface area contributed by atoms with Crippen molar-refractivity contribution in [2.24, 2.45) is 0 Å². The minimum absolute atomic E-state index is 0.0163. The smallest absolute Gasteiger partial charge is 0.274 e. The van der Waals surface area contributed by atoms with Gasteiger partial charge in [0.15, 0.2) is 5.69 Å². The summed E-state index contributed by atoms with van der Waals surface area (Å²) in [7, 11) is 0. The van der Waals surface area contributed by atoms with Crippen molar-refractivity contribution in [1.29, 1.82) is 0 Å². The van der Waals surface area contributed by atoms with Crippen molar-refractivity contribution in [3.8, 4) is 5.75 Å². The Kier molecular flexibility index (Phi) is 3.36. The van der Waals surface area contributed by atoms with Crippen LogP contribution in [0.3, 0.4) is 0 Å². The Labute approximate surface area is 93.5 Å². The molecule has 5 heteroatoms. The van der Waals surface area contributed by atoms with Gasteiger partial charge in [-0.25, -0.2) is 4.98 Å². The number of nitrogens with one attached hydrogen (secondary N) is 1. The molecule has 16 heavy (non-hydrogen) atoms. The fraction of sp³-hybridized carbons (Fsp3) is 0.455. The predicted octanol–water partition coefficient (Wildman–Crippen LogP) is 0.696. The molecular formula is C11H14N2O3. The third kappa shape index (κ3) is 2.49. The Morgan fingerprint density at radius 2 is 2.50 bits per heavy atom. The zero-order valence-electron chi connectivity index (χ0n) is 8.85. The van der Waals surface area contributed by atoms with E-state index in [1.54, 1.807) is 6.07 Å². The molecule has 0 spiro atoms. The Hall–Kier alpha value is -1.62. The molecule has 0 aliphatic carbocycles. The molecule has 1 aliphatic rings. The number of carbonyl (C=O) groups is 1. The van der Waals surface area contributed by atoms with E-state index in [9.17, 15) is 9.90 Å². The van der Waals surface area contributed by atoms with Crippen molar-refractivity contribution in [2.75, 3.05) is 13.2 Å². The van der Waals surface area contributed by atoms with Crippen LogP contribution in [0.5, 0.6) is 5.75 Å². The Morgan fingerprint density at radius 1 is 1.62 bits per heavy atom. The largest absolute Gasteiger partial charge is 0.505 e. The highest BCUT2D eigenvalue weighted by Gasteiger charge is 2.19. The standard InChI is InChI=1S/C11H14N2O3/c14-9-4-1-5-12-10(9)11(15)13-8-3-2-6-16-7-8/h1,4-5,8,14H,2-3,6-7H2,(H,13,15). The van der Waals surface area contributed by atoms with Gasteiger partial charge in [0.1, 0.15) is 5.75 Å². The maximum Gasteiger partial charge on any atom is 0.274 e. The number of rotatable bonds is 2. The van der Waals surface area contributed by atoms with Crippen LogP contribution in [0.2, 0.25) is 0 Å². The maximum absolute atomic E-state index is 11.7. The quantitative estimate of drug-likeness (QED) is 0.772. The number of nitrogens with zero attached hydrogens (tertiary/aromatic N) is 1. The normalized spacial score (nSPS) is 20.4. The molecular weight excluding hydrogens is 208 g/mol. The van der Waals surface area contributed by atoms with E-state index in [0.717, 1.165) is 19.4 Å². The number of carbonyl (C=O) groups excluding carboxylic acids is 1. The first kappa shape index (κ1) is 10.9. The molecule has 1 fully saturated rings. The monoisotopic (exact) mass is 222 g/mol. The van der Waals surface area contributed by atoms with Gasteiger partial charge in [-0.1, -0.05) is 0 Å². The molecule has 0 radical (unpaired) electrons. The minimum atomic E-state index is -0.353. The van der Waals surface area contributed by atoms with Gasteiger partial charge in [-0.2, -0.15) is 0 Å². The molecule has 1 aromatic heterocycles. The number of hydrogen-bond donors (Lipinski definition) is 2. The maximum atomic E-state index is 11.7. The van der Waals surface area contributed by atoms with Crippen molar-refractivity contribution >= 4 is 5.91 Å². The second-order valence-corrected chi connectivity index (χ2v) is 3.76. The van der Waals surface area contributed by atoms with E-state index in [4.69, 9.17) is 4.74 Å². The van der Waals surface area contributed by atoms with Crippen LogP contribution in [-0.4, -0.2) is 35.3 Å². The SMILES string of the molecule is O=C(NC1CCCOC1)c1ncccc1O. The average Bonchev–Trinajstić information content (AvgIpc) is 2.31. The molecule has 2 rings (SSSR count). The average molecular weight is 222 g/mol. The molecule has 5 nitrogen and oxygen atoms in total. The second kappa shape index (κ2) is 4.94. The lowest BCUT2D eigenvalue weighted by atomic mass is 10.1.